The number of nitrogens with one attached hydrogen (secondary N) is 1. The van der Waals surface area contributed by atoms with Crippen LogP contribution in [0.4, 0.5) is 14.0 Å². The fourth-order valence-corrected chi connectivity index (χ4v) is 4.53. The lowest BCUT2D eigenvalue weighted by Gasteiger charge is -2.31. The Kier molecular flexibility index (Phi) is 8.11. The Bertz CT molecular complexity index is 1230. The van der Waals surface area contributed by atoms with Gasteiger partial charge in [-0.1, -0.05) is 66.7 Å². The monoisotopic (exact) mass is 504 g/mol. The molecular weight excluding hydrogens is 471 g/mol. The molecule has 0 bridgehead atoms. The number of amides is 2. The molecule has 3 aromatic rings. The summed E-state index contributed by atoms with van der Waals surface area (Å²) in [5.74, 6) is -0.298. The van der Waals surface area contributed by atoms with E-state index in [1.807, 2.05) is 81.4 Å². The van der Waals surface area contributed by atoms with Crippen molar-refractivity contribution in [2.45, 2.75) is 57.9 Å². The summed E-state index contributed by atoms with van der Waals surface area (Å²) in [5.41, 5.74) is 2.87. The van der Waals surface area contributed by atoms with Crippen LogP contribution in [-0.2, 0) is 22.5 Å². The van der Waals surface area contributed by atoms with E-state index in [-0.39, 0.29) is 24.5 Å². The molecule has 1 saturated heterocycles. The van der Waals surface area contributed by atoms with Crippen LogP contribution in [0.2, 0.25) is 0 Å². The summed E-state index contributed by atoms with van der Waals surface area (Å²) in [6.45, 7) is 6.10. The molecule has 1 heterocycles. The topological polar surface area (TPSA) is 67.9 Å². The maximum absolute atomic E-state index is 13.8. The summed E-state index contributed by atoms with van der Waals surface area (Å²) in [4.78, 5) is 27.4. The SMILES string of the molecule is CC(C)(C)OC(=O)N1CC[C@@H](NC(=O)OCc2ccccc2)[C@H]1Cc1cccc(-c2cccc(F)c2)c1. The van der Waals surface area contributed by atoms with Gasteiger partial charge in [0.05, 0.1) is 12.1 Å². The maximum atomic E-state index is 13.8. The smallest absolute Gasteiger partial charge is 0.410 e. The third-order valence-corrected chi connectivity index (χ3v) is 6.22. The molecule has 0 aliphatic carbocycles. The summed E-state index contributed by atoms with van der Waals surface area (Å²) >= 11 is 0. The van der Waals surface area contributed by atoms with E-state index in [2.05, 4.69) is 5.32 Å². The molecule has 7 heteroatoms. The highest BCUT2D eigenvalue weighted by atomic mass is 19.1. The normalized spacial score (nSPS) is 17.4. The van der Waals surface area contributed by atoms with Gasteiger partial charge in [-0.3, -0.25) is 0 Å². The van der Waals surface area contributed by atoms with Crippen LogP contribution in [0.5, 0.6) is 0 Å². The summed E-state index contributed by atoms with van der Waals surface area (Å²) in [6, 6.07) is 23.1. The van der Waals surface area contributed by atoms with Crippen molar-refractivity contribution in [3.05, 3.63) is 95.8 Å². The molecule has 6 nitrogen and oxygen atoms in total. The van der Waals surface area contributed by atoms with Crippen molar-refractivity contribution < 1.29 is 23.5 Å². The minimum absolute atomic E-state index is 0.162. The van der Waals surface area contributed by atoms with Crippen molar-refractivity contribution in [1.82, 2.24) is 10.2 Å². The lowest BCUT2D eigenvalue weighted by Crippen LogP contribution is -2.49. The molecule has 194 valence electrons. The number of likely N-dealkylation sites (tertiary alicyclic amines) is 1. The minimum Gasteiger partial charge on any atom is -0.445 e. The summed E-state index contributed by atoms with van der Waals surface area (Å²) in [5, 5.41) is 2.96. The van der Waals surface area contributed by atoms with Crippen LogP contribution in [0.3, 0.4) is 0 Å². The quantitative estimate of drug-likeness (QED) is 0.425. The molecule has 0 saturated carbocycles. The molecule has 1 N–H and O–H groups in total. The second kappa shape index (κ2) is 11.5. The molecule has 3 aromatic carbocycles. The molecule has 0 spiro atoms. The first-order chi connectivity index (χ1) is 17.7. The Balaban J connectivity index is 1.51. The van der Waals surface area contributed by atoms with Gasteiger partial charge >= 0.3 is 12.2 Å². The molecule has 2 atom stereocenters. The molecule has 37 heavy (non-hydrogen) atoms. The lowest BCUT2D eigenvalue weighted by molar-refractivity contribution is 0.0214. The third kappa shape index (κ3) is 7.32. The number of rotatable bonds is 6. The fraction of sp³-hybridized carbons (Fsp3) is 0.333. The van der Waals surface area contributed by atoms with E-state index in [1.54, 1.807) is 11.0 Å². The second-order valence-electron chi connectivity index (χ2n) is 10.3. The van der Waals surface area contributed by atoms with Gasteiger partial charge in [-0.25, -0.2) is 14.0 Å². The number of ether oxygens (including phenoxy) is 2. The highest BCUT2D eigenvalue weighted by molar-refractivity contribution is 5.71. The third-order valence-electron chi connectivity index (χ3n) is 6.22. The molecule has 1 aliphatic rings. The molecule has 4 rings (SSSR count). The average molecular weight is 505 g/mol. The molecule has 2 amide bonds. The Morgan fingerprint density at radius 2 is 1.62 bits per heavy atom. The molecule has 0 aromatic heterocycles. The largest absolute Gasteiger partial charge is 0.445 e. The number of halogens is 1. The Labute approximate surface area is 217 Å². The number of benzene rings is 3. The van der Waals surface area contributed by atoms with Crippen LogP contribution < -0.4 is 5.32 Å². The van der Waals surface area contributed by atoms with Crippen LogP contribution in [0.1, 0.15) is 38.3 Å². The predicted molar refractivity (Wildman–Crippen MR) is 140 cm³/mol. The van der Waals surface area contributed by atoms with Crippen LogP contribution in [0.25, 0.3) is 11.1 Å². The van der Waals surface area contributed by atoms with Crippen molar-refractivity contribution in [2.24, 2.45) is 0 Å². The Morgan fingerprint density at radius 3 is 2.32 bits per heavy atom. The summed E-state index contributed by atoms with van der Waals surface area (Å²) < 4.78 is 24.9. The molecular formula is C30H33FN2O4. The zero-order valence-corrected chi connectivity index (χ0v) is 21.4. The van der Waals surface area contributed by atoms with Crippen molar-refractivity contribution in [2.75, 3.05) is 6.54 Å². The Hall–Kier alpha value is -3.87. The van der Waals surface area contributed by atoms with E-state index in [4.69, 9.17) is 9.47 Å². The van der Waals surface area contributed by atoms with Crippen molar-refractivity contribution in [3.8, 4) is 11.1 Å². The van der Waals surface area contributed by atoms with Gasteiger partial charge < -0.3 is 19.7 Å². The second-order valence-corrected chi connectivity index (χ2v) is 10.3. The zero-order chi connectivity index (χ0) is 26.4. The number of hydrogen-bond donors (Lipinski definition) is 1. The Morgan fingerprint density at radius 1 is 0.946 bits per heavy atom. The number of nitrogens with zero attached hydrogens (tertiary/aromatic N) is 1. The van der Waals surface area contributed by atoms with Gasteiger partial charge in [-0.15, -0.1) is 0 Å². The van der Waals surface area contributed by atoms with Crippen LogP contribution >= 0.6 is 0 Å². The first kappa shape index (κ1) is 26.2. The van der Waals surface area contributed by atoms with Crippen molar-refractivity contribution in [3.63, 3.8) is 0 Å². The number of alkyl carbamates (subject to hydrolysis) is 1. The van der Waals surface area contributed by atoms with Gasteiger partial charge in [0, 0.05) is 6.54 Å². The number of carbonyl (C=O) groups excluding carboxylic acids is 2. The predicted octanol–water partition coefficient (Wildman–Crippen LogP) is 6.34. The van der Waals surface area contributed by atoms with E-state index in [1.165, 1.54) is 12.1 Å². The van der Waals surface area contributed by atoms with Gasteiger partial charge in [0.2, 0.25) is 0 Å². The molecule has 0 unspecified atom stereocenters. The van der Waals surface area contributed by atoms with Crippen molar-refractivity contribution >= 4 is 12.2 Å². The lowest BCUT2D eigenvalue weighted by atomic mass is 9.96. The first-order valence-electron chi connectivity index (χ1n) is 12.5. The summed E-state index contributed by atoms with van der Waals surface area (Å²) in [7, 11) is 0. The zero-order valence-electron chi connectivity index (χ0n) is 21.4. The average Bonchev–Trinajstić information content (AvgIpc) is 3.24. The van der Waals surface area contributed by atoms with Crippen LogP contribution in [-0.4, -0.2) is 41.3 Å². The van der Waals surface area contributed by atoms with Crippen molar-refractivity contribution in [1.29, 1.82) is 0 Å². The van der Waals surface area contributed by atoms with Gasteiger partial charge in [-0.05, 0) is 68.0 Å². The van der Waals surface area contributed by atoms with E-state index >= 15 is 0 Å². The van der Waals surface area contributed by atoms with E-state index < -0.39 is 17.8 Å². The highest BCUT2D eigenvalue weighted by Crippen LogP contribution is 2.27. The molecule has 0 radical (unpaired) electrons. The fourth-order valence-electron chi connectivity index (χ4n) is 4.53. The number of carbonyl (C=O) groups is 2. The molecule has 1 fully saturated rings. The minimum atomic E-state index is -0.640. The van der Waals surface area contributed by atoms with Gasteiger partial charge in [0.15, 0.2) is 0 Å². The number of hydrogen-bond acceptors (Lipinski definition) is 4. The van der Waals surface area contributed by atoms with E-state index in [0.717, 1.165) is 22.3 Å². The first-order valence-corrected chi connectivity index (χ1v) is 12.5. The van der Waals surface area contributed by atoms with Gasteiger partial charge in [0.1, 0.15) is 18.0 Å². The standard InChI is InChI=1S/C30H33FN2O4/c1-30(2,3)37-29(35)33-16-15-26(32-28(34)36-20-21-9-5-4-6-10-21)27(33)18-22-11-7-12-23(17-22)24-13-8-14-25(31)19-24/h4-14,17,19,26-27H,15-16,18,20H2,1-3H3,(H,32,34)/t26-,27-/m1/s1. The molecule has 1 aliphatic heterocycles. The highest BCUT2D eigenvalue weighted by Gasteiger charge is 2.40. The van der Waals surface area contributed by atoms with Gasteiger partial charge in [-0.2, -0.15) is 0 Å². The van der Waals surface area contributed by atoms with E-state index in [9.17, 15) is 14.0 Å². The van der Waals surface area contributed by atoms with Crippen LogP contribution in [0, 0.1) is 5.82 Å². The maximum Gasteiger partial charge on any atom is 0.410 e. The summed E-state index contributed by atoms with van der Waals surface area (Å²) in [6.07, 6.45) is 0.124. The van der Waals surface area contributed by atoms with Crippen LogP contribution in [0.15, 0.2) is 78.9 Å². The van der Waals surface area contributed by atoms with E-state index in [0.29, 0.717) is 19.4 Å². The van der Waals surface area contributed by atoms with Gasteiger partial charge in [0.25, 0.3) is 0 Å².